The van der Waals surface area contributed by atoms with E-state index in [9.17, 15) is 10.1 Å². The zero-order valence-electron chi connectivity index (χ0n) is 10.6. The van der Waals surface area contributed by atoms with Crippen molar-refractivity contribution in [3.05, 3.63) is 39.6 Å². The van der Waals surface area contributed by atoms with Gasteiger partial charge in [0.2, 0.25) is 0 Å². The molecule has 0 saturated heterocycles. The van der Waals surface area contributed by atoms with Gasteiger partial charge in [0.15, 0.2) is 0 Å². The maximum Gasteiger partial charge on any atom is 0.270 e. The molecule has 5 nitrogen and oxygen atoms in total. The molecule has 1 aromatic carbocycles. The van der Waals surface area contributed by atoms with Gasteiger partial charge in [0.25, 0.3) is 5.69 Å². The average Bonchev–Trinajstić information content (AvgIpc) is 2.76. The Kier molecular flexibility index (Phi) is 2.20. The highest BCUT2D eigenvalue weighted by Crippen LogP contribution is 2.39. The van der Waals surface area contributed by atoms with Gasteiger partial charge in [-0.1, -0.05) is 0 Å². The van der Waals surface area contributed by atoms with Crippen molar-refractivity contribution >= 4 is 16.6 Å². The van der Waals surface area contributed by atoms with Crippen LogP contribution in [0.3, 0.4) is 0 Å². The minimum absolute atomic E-state index is 0.196. The van der Waals surface area contributed by atoms with Crippen LogP contribution in [0.2, 0.25) is 0 Å². The van der Waals surface area contributed by atoms with Crippen molar-refractivity contribution in [2.75, 3.05) is 6.54 Å². The molecule has 2 aromatic rings. The molecule has 5 heteroatoms. The van der Waals surface area contributed by atoms with E-state index in [-0.39, 0.29) is 10.6 Å². The summed E-state index contributed by atoms with van der Waals surface area (Å²) in [6.45, 7) is 1.94. The van der Waals surface area contributed by atoms with Crippen LogP contribution in [0.15, 0.2) is 18.2 Å². The highest BCUT2D eigenvalue weighted by Gasteiger charge is 2.30. The Bertz CT molecular complexity index is 688. The molecule has 19 heavy (non-hydrogen) atoms. The molecule has 2 heterocycles. The molecule has 1 atom stereocenters. The normalized spacial score (nSPS) is 21.4. The number of aromatic nitrogens is 1. The van der Waals surface area contributed by atoms with E-state index in [0.717, 1.165) is 36.8 Å². The Morgan fingerprint density at radius 3 is 3.16 bits per heavy atom. The number of benzene rings is 1. The van der Waals surface area contributed by atoms with E-state index < -0.39 is 0 Å². The summed E-state index contributed by atoms with van der Waals surface area (Å²) in [7, 11) is 0. The van der Waals surface area contributed by atoms with Gasteiger partial charge in [-0.25, -0.2) is 0 Å². The minimum Gasteiger partial charge on any atom is -0.342 e. The summed E-state index contributed by atoms with van der Waals surface area (Å²) in [5, 5.41) is 15.6. The second-order valence-electron chi connectivity index (χ2n) is 5.37. The molecule has 1 aromatic heterocycles. The first-order valence-electron chi connectivity index (χ1n) is 6.78. The number of nitrogens with zero attached hydrogens (tertiary/aromatic N) is 2. The lowest BCUT2D eigenvalue weighted by atomic mass is 9.91. The van der Waals surface area contributed by atoms with Gasteiger partial charge < -0.3 is 9.88 Å². The van der Waals surface area contributed by atoms with Gasteiger partial charge >= 0.3 is 0 Å². The van der Waals surface area contributed by atoms with Gasteiger partial charge in [-0.15, -0.1) is 0 Å². The number of nitro groups is 1. The van der Waals surface area contributed by atoms with E-state index in [4.69, 9.17) is 0 Å². The maximum atomic E-state index is 11.0. The van der Waals surface area contributed by atoms with Crippen LogP contribution in [0.5, 0.6) is 0 Å². The quantitative estimate of drug-likeness (QED) is 0.631. The fourth-order valence-electron chi connectivity index (χ4n) is 3.62. The van der Waals surface area contributed by atoms with E-state index >= 15 is 0 Å². The smallest absolute Gasteiger partial charge is 0.270 e. The Hall–Kier alpha value is -1.88. The molecule has 0 bridgehead atoms. The Morgan fingerprint density at radius 1 is 1.42 bits per heavy atom. The van der Waals surface area contributed by atoms with Gasteiger partial charge in [-0.3, -0.25) is 10.1 Å². The third kappa shape index (κ3) is 1.45. The number of hydrogen-bond acceptors (Lipinski definition) is 3. The third-order valence-electron chi connectivity index (χ3n) is 4.38. The topological polar surface area (TPSA) is 60.1 Å². The predicted octanol–water partition coefficient (Wildman–Crippen LogP) is 2.53. The zero-order chi connectivity index (χ0) is 13.0. The van der Waals surface area contributed by atoms with E-state index in [1.807, 2.05) is 6.07 Å². The summed E-state index contributed by atoms with van der Waals surface area (Å²) < 4.78 is 2.36. The van der Waals surface area contributed by atoms with Gasteiger partial charge in [-0.05, 0) is 30.9 Å². The van der Waals surface area contributed by atoms with Crippen LogP contribution in [0.25, 0.3) is 10.9 Å². The van der Waals surface area contributed by atoms with Crippen LogP contribution in [0.1, 0.15) is 30.1 Å². The molecule has 1 N–H and O–H groups in total. The summed E-state index contributed by atoms with van der Waals surface area (Å²) in [6.07, 6.45) is 3.37. The predicted molar refractivity (Wildman–Crippen MR) is 72.3 cm³/mol. The van der Waals surface area contributed by atoms with Crippen LogP contribution >= 0.6 is 0 Å². The summed E-state index contributed by atoms with van der Waals surface area (Å²) >= 11 is 0. The van der Waals surface area contributed by atoms with Crippen LogP contribution < -0.4 is 5.32 Å². The first-order chi connectivity index (χ1) is 9.25. The summed E-state index contributed by atoms with van der Waals surface area (Å²) in [6, 6.07) is 5.71. The monoisotopic (exact) mass is 257 g/mol. The lowest BCUT2D eigenvalue weighted by Gasteiger charge is -2.31. The molecule has 0 amide bonds. The summed E-state index contributed by atoms with van der Waals surface area (Å²) in [4.78, 5) is 10.6. The van der Waals surface area contributed by atoms with Crippen LogP contribution in [-0.2, 0) is 13.0 Å². The van der Waals surface area contributed by atoms with Crippen molar-refractivity contribution in [3.8, 4) is 0 Å². The molecule has 2 aliphatic rings. The SMILES string of the molecule is O=[N+]([O-])c1ccc2c(c1)c1c3n2CCNC3CCC1. The molecular weight excluding hydrogens is 242 g/mol. The van der Waals surface area contributed by atoms with Crippen molar-refractivity contribution < 1.29 is 4.92 Å². The van der Waals surface area contributed by atoms with Crippen LogP contribution in [-0.4, -0.2) is 16.0 Å². The van der Waals surface area contributed by atoms with Gasteiger partial charge in [0.1, 0.15) is 0 Å². The second-order valence-corrected chi connectivity index (χ2v) is 5.37. The number of fused-ring (bicyclic) bond motifs is 3. The summed E-state index contributed by atoms with van der Waals surface area (Å²) in [5.41, 5.74) is 4.04. The van der Waals surface area contributed by atoms with Gasteiger partial charge in [-0.2, -0.15) is 0 Å². The number of rotatable bonds is 1. The van der Waals surface area contributed by atoms with E-state index in [1.54, 1.807) is 12.1 Å². The highest BCUT2D eigenvalue weighted by molar-refractivity contribution is 5.88. The minimum atomic E-state index is -0.304. The van der Waals surface area contributed by atoms with Crippen LogP contribution in [0.4, 0.5) is 5.69 Å². The Labute approximate surface area is 110 Å². The van der Waals surface area contributed by atoms with E-state index in [1.165, 1.54) is 17.7 Å². The van der Waals surface area contributed by atoms with E-state index in [2.05, 4.69) is 9.88 Å². The molecule has 98 valence electrons. The standard InChI is InChI=1S/C14H15N3O2/c18-17(19)9-4-5-13-11(8-9)10-2-1-3-12-14(10)16(13)7-6-15-12/h4-5,8,12,15H,1-3,6-7H2. The highest BCUT2D eigenvalue weighted by atomic mass is 16.6. The molecule has 1 unspecified atom stereocenters. The zero-order valence-corrected chi connectivity index (χ0v) is 10.6. The molecule has 0 saturated carbocycles. The molecule has 0 radical (unpaired) electrons. The lowest BCUT2D eigenvalue weighted by Crippen LogP contribution is -2.35. The molecule has 1 aliphatic heterocycles. The van der Waals surface area contributed by atoms with E-state index in [0.29, 0.717) is 6.04 Å². The van der Waals surface area contributed by atoms with Crippen molar-refractivity contribution in [3.63, 3.8) is 0 Å². The Morgan fingerprint density at radius 2 is 2.32 bits per heavy atom. The largest absolute Gasteiger partial charge is 0.342 e. The van der Waals surface area contributed by atoms with Crippen molar-refractivity contribution in [1.82, 2.24) is 9.88 Å². The van der Waals surface area contributed by atoms with Crippen molar-refractivity contribution in [2.45, 2.75) is 31.8 Å². The Balaban J connectivity index is 2.04. The molecular formula is C14H15N3O2. The molecule has 1 aliphatic carbocycles. The van der Waals surface area contributed by atoms with Crippen molar-refractivity contribution in [2.24, 2.45) is 0 Å². The molecule has 0 fully saturated rings. The first-order valence-corrected chi connectivity index (χ1v) is 6.78. The number of non-ortho nitro benzene ring substituents is 1. The number of aryl methyl sites for hydroxylation is 1. The number of nitrogens with one attached hydrogen (secondary N) is 1. The van der Waals surface area contributed by atoms with Gasteiger partial charge in [0, 0.05) is 47.9 Å². The molecule has 0 spiro atoms. The average molecular weight is 257 g/mol. The first kappa shape index (κ1) is 11.0. The van der Waals surface area contributed by atoms with Crippen LogP contribution in [0, 0.1) is 10.1 Å². The fraction of sp³-hybridized carbons (Fsp3) is 0.429. The summed E-state index contributed by atoms with van der Waals surface area (Å²) in [5.74, 6) is 0. The third-order valence-corrected chi connectivity index (χ3v) is 4.38. The molecule has 4 rings (SSSR count). The fourth-order valence-corrected chi connectivity index (χ4v) is 3.62. The van der Waals surface area contributed by atoms with Gasteiger partial charge in [0.05, 0.1) is 4.92 Å². The number of nitro benzene ring substituents is 1. The maximum absolute atomic E-state index is 11.0. The van der Waals surface area contributed by atoms with Crippen molar-refractivity contribution in [1.29, 1.82) is 0 Å². The lowest BCUT2D eigenvalue weighted by molar-refractivity contribution is -0.384. The second kappa shape index (κ2) is 3.81. The number of hydrogen-bond donors (Lipinski definition) is 1.